The zero-order chi connectivity index (χ0) is 20.4. The highest BCUT2D eigenvalue weighted by atomic mass is 32.2. The number of nitrogens with two attached hydrogens (primary N) is 1. The van der Waals surface area contributed by atoms with Crippen LogP contribution in [0.25, 0.3) is 0 Å². The topological polar surface area (TPSA) is 102 Å². The van der Waals surface area contributed by atoms with E-state index < -0.39 is 15.9 Å². The Hall–Kier alpha value is -2.62. The van der Waals surface area contributed by atoms with Crippen LogP contribution in [0.1, 0.15) is 15.9 Å². The summed E-state index contributed by atoms with van der Waals surface area (Å²) >= 11 is 0. The maximum atomic E-state index is 13.0. The first-order chi connectivity index (χ1) is 13.9. The highest BCUT2D eigenvalue weighted by Crippen LogP contribution is 2.33. The second-order valence-corrected chi connectivity index (χ2v) is 8.99. The number of hydrogen-bond donors (Lipinski definition) is 1. The Balaban J connectivity index is 1.41. The van der Waals surface area contributed by atoms with Crippen molar-refractivity contribution in [2.45, 2.75) is 11.4 Å². The number of sulfonamides is 1. The van der Waals surface area contributed by atoms with Crippen LogP contribution in [0.5, 0.6) is 11.5 Å². The van der Waals surface area contributed by atoms with E-state index in [9.17, 15) is 13.2 Å². The van der Waals surface area contributed by atoms with Crippen LogP contribution in [0.15, 0.2) is 47.4 Å². The third-order valence-electron chi connectivity index (χ3n) is 5.10. The predicted molar refractivity (Wildman–Crippen MR) is 106 cm³/mol. The summed E-state index contributed by atoms with van der Waals surface area (Å²) in [4.78, 5) is 13.7. The van der Waals surface area contributed by atoms with Gasteiger partial charge in [0, 0.05) is 44.4 Å². The number of benzene rings is 2. The summed E-state index contributed by atoms with van der Waals surface area (Å²) in [7, 11) is -3.60. The van der Waals surface area contributed by atoms with Crippen LogP contribution in [0.4, 0.5) is 0 Å². The van der Waals surface area contributed by atoms with Gasteiger partial charge in [0.1, 0.15) is 13.2 Å². The molecule has 0 atom stereocenters. The monoisotopic (exact) mass is 417 g/mol. The first-order valence-corrected chi connectivity index (χ1v) is 10.9. The van der Waals surface area contributed by atoms with Crippen LogP contribution in [0.3, 0.4) is 0 Å². The first kappa shape index (κ1) is 19.7. The van der Waals surface area contributed by atoms with Gasteiger partial charge in [-0.2, -0.15) is 4.31 Å². The Morgan fingerprint density at radius 1 is 0.966 bits per heavy atom. The minimum atomic E-state index is -3.60. The molecule has 0 saturated carbocycles. The number of hydrogen-bond acceptors (Lipinski definition) is 6. The molecule has 0 bridgehead atoms. The molecular weight excluding hydrogens is 394 g/mol. The second-order valence-electron chi connectivity index (χ2n) is 7.05. The lowest BCUT2D eigenvalue weighted by Gasteiger charge is -2.34. The molecular formula is C20H23N3O5S. The maximum Gasteiger partial charge on any atom is 0.248 e. The van der Waals surface area contributed by atoms with Gasteiger partial charge in [0.05, 0.1) is 4.90 Å². The number of nitrogens with zero attached hydrogens (tertiary/aromatic N) is 2. The predicted octanol–water partition coefficient (Wildman–Crippen LogP) is 1.06. The molecule has 2 aromatic carbocycles. The average molecular weight is 417 g/mol. The molecule has 154 valence electrons. The molecule has 2 aliphatic heterocycles. The molecule has 1 saturated heterocycles. The van der Waals surface area contributed by atoms with Gasteiger partial charge < -0.3 is 15.2 Å². The van der Waals surface area contributed by atoms with Gasteiger partial charge in [-0.1, -0.05) is 12.1 Å². The van der Waals surface area contributed by atoms with Crippen molar-refractivity contribution in [1.82, 2.24) is 9.21 Å². The third-order valence-corrected chi connectivity index (χ3v) is 6.99. The first-order valence-electron chi connectivity index (χ1n) is 9.44. The van der Waals surface area contributed by atoms with Crippen LogP contribution in [0, 0.1) is 0 Å². The highest BCUT2D eigenvalue weighted by Gasteiger charge is 2.29. The SMILES string of the molecule is NC(=O)c1cccc(CN2CCN(S(=O)(=O)c3ccc4c(c3)OCCO4)CC2)c1. The molecule has 0 radical (unpaired) electrons. The number of carbonyl (C=O) groups is 1. The molecule has 0 aliphatic carbocycles. The number of rotatable bonds is 5. The molecule has 0 unspecified atom stereocenters. The Kier molecular flexibility index (Phi) is 5.44. The minimum Gasteiger partial charge on any atom is -0.486 e. The molecule has 2 aromatic rings. The number of amides is 1. The number of piperazine rings is 1. The van der Waals surface area contributed by atoms with Crippen molar-refractivity contribution in [2.75, 3.05) is 39.4 Å². The van der Waals surface area contributed by atoms with Gasteiger partial charge in [-0.15, -0.1) is 0 Å². The fourth-order valence-corrected chi connectivity index (χ4v) is 4.98. The van der Waals surface area contributed by atoms with Crippen LogP contribution in [-0.4, -0.2) is 62.9 Å². The summed E-state index contributed by atoms with van der Waals surface area (Å²) < 4.78 is 38.5. The summed E-state index contributed by atoms with van der Waals surface area (Å²) in [5.74, 6) is 0.575. The number of ether oxygens (including phenoxy) is 2. The molecule has 2 N–H and O–H groups in total. The summed E-state index contributed by atoms with van der Waals surface area (Å²) in [6.45, 7) is 3.50. The third kappa shape index (κ3) is 4.21. The van der Waals surface area contributed by atoms with Gasteiger partial charge in [0.15, 0.2) is 11.5 Å². The second kappa shape index (κ2) is 8.02. The Morgan fingerprint density at radius 3 is 2.41 bits per heavy atom. The molecule has 1 amide bonds. The van der Waals surface area contributed by atoms with E-state index in [2.05, 4.69) is 4.90 Å². The molecule has 29 heavy (non-hydrogen) atoms. The molecule has 0 spiro atoms. The van der Waals surface area contributed by atoms with Crippen molar-refractivity contribution in [1.29, 1.82) is 0 Å². The molecule has 2 heterocycles. The molecule has 1 fully saturated rings. The van der Waals surface area contributed by atoms with Crippen LogP contribution in [0.2, 0.25) is 0 Å². The van der Waals surface area contributed by atoms with Gasteiger partial charge in [0.2, 0.25) is 15.9 Å². The van der Waals surface area contributed by atoms with Crippen molar-refractivity contribution in [2.24, 2.45) is 5.73 Å². The van der Waals surface area contributed by atoms with Gasteiger partial charge in [0.25, 0.3) is 0 Å². The lowest BCUT2D eigenvalue weighted by Crippen LogP contribution is -2.48. The summed E-state index contributed by atoms with van der Waals surface area (Å²) in [5, 5.41) is 0. The lowest BCUT2D eigenvalue weighted by atomic mass is 10.1. The van der Waals surface area contributed by atoms with Crippen LogP contribution in [-0.2, 0) is 16.6 Å². The van der Waals surface area contributed by atoms with Crippen molar-refractivity contribution < 1.29 is 22.7 Å². The Morgan fingerprint density at radius 2 is 1.69 bits per heavy atom. The van der Waals surface area contributed by atoms with Crippen molar-refractivity contribution in [3.63, 3.8) is 0 Å². The molecule has 0 aromatic heterocycles. The summed E-state index contributed by atoms with van der Waals surface area (Å²) in [6.07, 6.45) is 0. The van der Waals surface area contributed by atoms with E-state index in [-0.39, 0.29) is 4.90 Å². The van der Waals surface area contributed by atoms with E-state index in [0.717, 1.165) is 5.56 Å². The van der Waals surface area contributed by atoms with Crippen LogP contribution >= 0.6 is 0 Å². The van der Waals surface area contributed by atoms with Crippen molar-refractivity contribution in [3.05, 3.63) is 53.6 Å². The van der Waals surface area contributed by atoms with E-state index in [1.807, 2.05) is 6.07 Å². The maximum absolute atomic E-state index is 13.0. The summed E-state index contributed by atoms with van der Waals surface area (Å²) in [6, 6.07) is 11.9. The van der Waals surface area contributed by atoms with E-state index in [4.69, 9.17) is 15.2 Å². The zero-order valence-corrected chi connectivity index (χ0v) is 16.7. The number of primary amides is 1. The van der Waals surface area contributed by atoms with E-state index in [0.29, 0.717) is 63.0 Å². The van der Waals surface area contributed by atoms with Crippen molar-refractivity contribution in [3.8, 4) is 11.5 Å². The lowest BCUT2D eigenvalue weighted by molar-refractivity contribution is 0.1000. The van der Waals surface area contributed by atoms with Gasteiger partial charge >= 0.3 is 0 Å². The molecule has 2 aliphatic rings. The van der Waals surface area contributed by atoms with Gasteiger partial charge in [-0.25, -0.2) is 8.42 Å². The number of fused-ring (bicyclic) bond motifs is 1. The Bertz CT molecular complexity index is 1020. The van der Waals surface area contributed by atoms with Crippen LogP contribution < -0.4 is 15.2 Å². The minimum absolute atomic E-state index is 0.212. The fraction of sp³-hybridized carbons (Fsp3) is 0.350. The smallest absolute Gasteiger partial charge is 0.248 e. The van der Waals surface area contributed by atoms with E-state index in [1.54, 1.807) is 30.3 Å². The fourth-order valence-electron chi connectivity index (χ4n) is 3.54. The Labute approximate surface area is 169 Å². The molecule has 4 rings (SSSR count). The summed E-state index contributed by atoms with van der Waals surface area (Å²) in [5.41, 5.74) is 6.79. The van der Waals surface area contributed by atoms with E-state index in [1.165, 1.54) is 10.4 Å². The normalized spacial score (nSPS) is 17.8. The number of carbonyl (C=O) groups excluding carboxylic acids is 1. The van der Waals surface area contributed by atoms with Gasteiger partial charge in [-0.05, 0) is 29.8 Å². The standard InChI is InChI=1S/C20H23N3O5S/c21-20(24)16-3-1-2-15(12-16)14-22-6-8-23(9-7-22)29(25,26)17-4-5-18-19(13-17)28-11-10-27-18/h1-5,12-13H,6-11,14H2,(H2,21,24). The van der Waals surface area contributed by atoms with Gasteiger partial charge in [-0.3, -0.25) is 9.69 Å². The van der Waals surface area contributed by atoms with E-state index >= 15 is 0 Å². The zero-order valence-electron chi connectivity index (χ0n) is 15.9. The van der Waals surface area contributed by atoms with Crippen molar-refractivity contribution >= 4 is 15.9 Å². The molecule has 8 nitrogen and oxygen atoms in total. The molecule has 9 heteroatoms. The highest BCUT2D eigenvalue weighted by molar-refractivity contribution is 7.89. The largest absolute Gasteiger partial charge is 0.486 e. The quantitative estimate of drug-likeness (QED) is 0.781. The average Bonchev–Trinajstić information content (AvgIpc) is 2.74.